The first-order valence-electron chi connectivity index (χ1n) is 8.36. The largest absolute Gasteiger partial charge is 0.442 e. The van der Waals surface area contributed by atoms with Gasteiger partial charge in [-0.25, -0.2) is 13.6 Å². The summed E-state index contributed by atoms with van der Waals surface area (Å²) in [5.41, 5.74) is 5.79. The molecule has 0 aliphatic carbocycles. The van der Waals surface area contributed by atoms with Gasteiger partial charge in [0, 0.05) is 49.1 Å². The molecule has 0 bridgehead atoms. The highest BCUT2D eigenvalue weighted by atomic mass is 32.2. The molecule has 1 aromatic carbocycles. The Bertz CT molecular complexity index is 706. The molecule has 0 unspecified atom stereocenters. The Balaban J connectivity index is 1.50. The Morgan fingerprint density at radius 3 is 2.62 bits per heavy atom. The Labute approximate surface area is 153 Å². The number of carbonyl (C=O) groups is 1. The summed E-state index contributed by atoms with van der Waals surface area (Å²) in [6, 6.07) is 2.42. The van der Waals surface area contributed by atoms with Crippen molar-refractivity contribution < 1.29 is 18.3 Å². The fourth-order valence-electron chi connectivity index (χ4n) is 3.24. The second-order valence-corrected chi connectivity index (χ2v) is 7.42. The van der Waals surface area contributed by atoms with Gasteiger partial charge in [0.05, 0.1) is 18.8 Å². The molecule has 1 atom stereocenters. The van der Waals surface area contributed by atoms with Gasteiger partial charge in [-0.1, -0.05) is 0 Å². The fourth-order valence-corrected chi connectivity index (χ4v) is 4.14. The van der Waals surface area contributed by atoms with Gasteiger partial charge in [-0.2, -0.15) is 11.8 Å². The van der Waals surface area contributed by atoms with Crippen molar-refractivity contribution in [3.63, 3.8) is 0 Å². The van der Waals surface area contributed by atoms with Gasteiger partial charge in [0.25, 0.3) is 0 Å². The zero-order valence-electron chi connectivity index (χ0n) is 14.0. The number of carbonyl (C=O) groups excluding carboxylic acids is 1. The van der Waals surface area contributed by atoms with Gasteiger partial charge in [-0.3, -0.25) is 9.91 Å². The van der Waals surface area contributed by atoms with Crippen molar-refractivity contribution in [1.82, 2.24) is 16.0 Å². The standard InChI is InChI=1S/C16H19F2N5O2S/c17-13-7-11(8-14(18)15(13)21-3-5-26-6-4-21)23-10-12(25-16(23)24)9-22-2-1-19-20-22/h1-2,7-8,12,19-20H,3-6,9-10H2/t12-/m0/s1. The quantitative estimate of drug-likeness (QED) is 0.820. The van der Waals surface area contributed by atoms with Crippen LogP contribution in [0.2, 0.25) is 0 Å². The maximum atomic E-state index is 14.6. The average Bonchev–Trinajstić information content (AvgIpc) is 3.25. The highest BCUT2D eigenvalue weighted by Crippen LogP contribution is 2.32. The lowest BCUT2D eigenvalue weighted by Crippen LogP contribution is -2.41. The van der Waals surface area contributed by atoms with E-state index in [1.54, 1.807) is 34.1 Å². The van der Waals surface area contributed by atoms with E-state index in [9.17, 15) is 13.6 Å². The Hall–Kier alpha value is -2.20. The van der Waals surface area contributed by atoms with Crippen LogP contribution in [0.25, 0.3) is 0 Å². The fraction of sp³-hybridized carbons (Fsp3) is 0.438. The van der Waals surface area contributed by atoms with Crippen LogP contribution in [-0.2, 0) is 4.74 Å². The number of cyclic esters (lactones) is 1. The lowest BCUT2D eigenvalue weighted by molar-refractivity contribution is 0.109. The molecule has 3 aliphatic heterocycles. The molecule has 2 fully saturated rings. The van der Waals surface area contributed by atoms with Gasteiger partial charge in [-0.15, -0.1) is 5.53 Å². The van der Waals surface area contributed by atoms with Gasteiger partial charge < -0.3 is 15.1 Å². The summed E-state index contributed by atoms with van der Waals surface area (Å²) in [6.07, 6.45) is 2.45. The molecule has 4 rings (SSSR count). The van der Waals surface area contributed by atoms with Crippen LogP contribution in [0.15, 0.2) is 24.5 Å². The molecule has 26 heavy (non-hydrogen) atoms. The number of nitrogens with one attached hydrogen (secondary N) is 2. The summed E-state index contributed by atoms with van der Waals surface area (Å²) in [5.74, 6) is 0.372. The minimum atomic E-state index is -0.656. The molecular formula is C16H19F2N5O2S. The average molecular weight is 383 g/mol. The third kappa shape index (κ3) is 3.38. The number of benzene rings is 1. The Kier molecular flexibility index (Phi) is 4.77. The van der Waals surface area contributed by atoms with E-state index in [1.165, 1.54) is 17.0 Å². The first kappa shape index (κ1) is 17.2. The zero-order chi connectivity index (χ0) is 18.1. The lowest BCUT2D eigenvalue weighted by Gasteiger charge is -2.29. The number of hydrogen-bond donors (Lipinski definition) is 2. The maximum absolute atomic E-state index is 14.6. The van der Waals surface area contributed by atoms with Crippen LogP contribution >= 0.6 is 11.8 Å². The van der Waals surface area contributed by atoms with Gasteiger partial charge in [0.15, 0.2) is 11.6 Å². The monoisotopic (exact) mass is 383 g/mol. The van der Waals surface area contributed by atoms with Crippen molar-refractivity contribution in [2.75, 3.05) is 47.5 Å². The molecule has 10 heteroatoms. The molecule has 7 nitrogen and oxygen atoms in total. The molecule has 0 aromatic heterocycles. The summed E-state index contributed by atoms with van der Waals surface area (Å²) >= 11 is 1.77. The van der Waals surface area contributed by atoms with E-state index >= 15 is 0 Å². The number of thioether (sulfide) groups is 1. The van der Waals surface area contributed by atoms with E-state index in [1.807, 2.05) is 0 Å². The zero-order valence-corrected chi connectivity index (χ0v) is 14.8. The molecule has 0 radical (unpaired) electrons. The highest BCUT2D eigenvalue weighted by Gasteiger charge is 2.34. The number of ether oxygens (including phenoxy) is 1. The molecule has 2 saturated heterocycles. The summed E-state index contributed by atoms with van der Waals surface area (Å²) in [5, 5.41) is 1.72. The van der Waals surface area contributed by atoms with E-state index in [2.05, 4.69) is 11.0 Å². The molecule has 3 heterocycles. The Morgan fingerprint density at radius 1 is 1.23 bits per heavy atom. The highest BCUT2D eigenvalue weighted by molar-refractivity contribution is 7.99. The molecule has 2 N–H and O–H groups in total. The van der Waals surface area contributed by atoms with Crippen LogP contribution in [0.5, 0.6) is 0 Å². The van der Waals surface area contributed by atoms with Gasteiger partial charge >= 0.3 is 6.09 Å². The van der Waals surface area contributed by atoms with Crippen LogP contribution in [0.4, 0.5) is 25.0 Å². The maximum Gasteiger partial charge on any atom is 0.414 e. The van der Waals surface area contributed by atoms with Crippen LogP contribution in [0, 0.1) is 11.6 Å². The molecular weight excluding hydrogens is 364 g/mol. The second kappa shape index (κ2) is 7.20. The minimum absolute atomic E-state index is 0.0179. The van der Waals surface area contributed by atoms with Crippen molar-refractivity contribution in [3.05, 3.63) is 36.2 Å². The number of halogens is 2. The van der Waals surface area contributed by atoms with E-state index < -0.39 is 23.8 Å². The molecule has 0 spiro atoms. The predicted molar refractivity (Wildman–Crippen MR) is 95.6 cm³/mol. The van der Waals surface area contributed by atoms with Crippen LogP contribution in [0.1, 0.15) is 0 Å². The van der Waals surface area contributed by atoms with Crippen molar-refractivity contribution >= 4 is 29.2 Å². The van der Waals surface area contributed by atoms with Gasteiger partial charge in [0.1, 0.15) is 11.8 Å². The van der Waals surface area contributed by atoms with E-state index in [0.29, 0.717) is 19.6 Å². The molecule has 0 saturated carbocycles. The summed E-state index contributed by atoms with van der Waals surface area (Å²) in [6.45, 7) is 1.86. The van der Waals surface area contributed by atoms with E-state index in [0.717, 1.165) is 11.5 Å². The van der Waals surface area contributed by atoms with E-state index in [-0.39, 0.29) is 17.9 Å². The smallest absolute Gasteiger partial charge is 0.414 e. The second-order valence-electron chi connectivity index (χ2n) is 6.20. The first-order chi connectivity index (χ1) is 12.6. The predicted octanol–water partition coefficient (Wildman–Crippen LogP) is 1.64. The molecule has 3 aliphatic rings. The number of rotatable bonds is 4. The van der Waals surface area contributed by atoms with Crippen LogP contribution in [-0.4, -0.2) is 54.9 Å². The van der Waals surface area contributed by atoms with E-state index in [4.69, 9.17) is 4.74 Å². The third-order valence-corrected chi connectivity index (χ3v) is 5.40. The summed E-state index contributed by atoms with van der Waals surface area (Å²) < 4.78 is 34.5. The minimum Gasteiger partial charge on any atom is -0.442 e. The topological polar surface area (TPSA) is 60.1 Å². The summed E-state index contributed by atoms with van der Waals surface area (Å²) in [7, 11) is 0. The van der Waals surface area contributed by atoms with Crippen LogP contribution < -0.4 is 20.8 Å². The molecule has 140 valence electrons. The number of nitrogens with zero attached hydrogens (tertiary/aromatic N) is 3. The van der Waals surface area contributed by atoms with Crippen molar-refractivity contribution in [2.24, 2.45) is 0 Å². The number of hydrazine groups is 2. The normalized spacial score (nSPS) is 22.8. The van der Waals surface area contributed by atoms with Crippen molar-refractivity contribution in [1.29, 1.82) is 0 Å². The van der Waals surface area contributed by atoms with Crippen LogP contribution in [0.3, 0.4) is 0 Å². The number of amides is 1. The van der Waals surface area contributed by atoms with Crippen molar-refractivity contribution in [2.45, 2.75) is 6.10 Å². The van der Waals surface area contributed by atoms with Crippen molar-refractivity contribution in [3.8, 4) is 0 Å². The molecule has 1 amide bonds. The number of hydrogen-bond acceptors (Lipinski definition) is 7. The summed E-state index contributed by atoms with van der Waals surface area (Å²) in [4.78, 5) is 15.1. The lowest BCUT2D eigenvalue weighted by atomic mass is 10.2. The molecule has 1 aromatic rings. The van der Waals surface area contributed by atoms with Gasteiger partial charge in [-0.05, 0) is 0 Å². The first-order valence-corrected chi connectivity index (χ1v) is 9.51. The SMILES string of the molecule is O=C1O[C@@H](CN2C=CNN2)CN1c1cc(F)c(N2CCSCC2)c(F)c1. The Morgan fingerprint density at radius 2 is 1.96 bits per heavy atom. The van der Waals surface area contributed by atoms with Gasteiger partial charge in [0.2, 0.25) is 0 Å². The third-order valence-electron chi connectivity index (χ3n) is 4.46. The number of anilines is 2.